The van der Waals surface area contributed by atoms with Gasteiger partial charge in [-0.25, -0.2) is 0 Å². The summed E-state index contributed by atoms with van der Waals surface area (Å²) in [5, 5.41) is 8.62. The third kappa shape index (κ3) is 3.21. The third-order valence-corrected chi connectivity index (χ3v) is 5.07. The van der Waals surface area contributed by atoms with Gasteiger partial charge in [-0.2, -0.15) is 0 Å². The number of carboxylic acids is 1. The minimum atomic E-state index is -1.05. The molecule has 0 spiro atoms. The fraction of sp³-hybridized carbons (Fsp3) is 0.0769. The molecule has 0 saturated heterocycles. The summed E-state index contributed by atoms with van der Waals surface area (Å²) in [6.07, 6.45) is 1.01. The first-order chi connectivity index (χ1) is 10.2. The van der Waals surface area contributed by atoms with Crippen LogP contribution >= 0.6 is 58.0 Å². The second kappa shape index (κ2) is 6.69. The smallest absolute Gasteiger partial charge is 0.307 e. The number of aromatic amines is 1. The first-order valence-electron chi connectivity index (χ1n) is 5.69. The van der Waals surface area contributed by atoms with Crippen molar-refractivity contribution in [2.75, 3.05) is 0 Å². The van der Waals surface area contributed by atoms with Crippen molar-refractivity contribution >= 4 is 64.0 Å². The van der Waals surface area contributed by atoms with Gasteiger partial charge in [0.2, 0.25) is 0 Å². The Hall–Kier alpha value is -0.910. The monoisotopic (exact) mass is 399 g/mol. The van der Waals surface area contributed by atoms with E-state index >= 15 is 0 Å². The van der Waals surface area contributed by atoms with Gasteiger partial charge >= 0.3 is 5.97 Å². The second-order valence-corrected chi connectivity index (χ2v) is 6.16. The Balaban J connectivity index is 2.77. The summed E-state index contributed by atoms with van der Waals surface area (Å²) < 4.78 is 0. The fourth-order valence-electron chi connectivity index (χ4n) is 1.83. The van der Waals surface area contributed by atoms with Crippen molar-refractivity contribution in [2.24, 2.45) is 0 Å². The number of pyridine rings is 1. The van der Waals surface area contributed by atoms with Crippen molar-refractivity contribution in [1.82, 2.24) is 4.98 Å². The van der Waals surface area contributed by atoms with Gasteiger partial charge in [-0.3, -0.25) is 9.59 Å². The number of benzene rings is 1. The Morgan fingerprint density at radius 2 is 1.50 bits per heavy atom. The molecule has 0 saturated carbocycles. The van der Waals surface area contributed by atoms with Crippen LogP contribution in [-0.4, -0.2) is 16.1 Å². The van der Waals surface area contributed by atoms with Crippen LogP contribution in [0.4, 0.5) is 0 Å². The minimum Gasteiger partial charge on any atom is -0.481 e. The van der Waals surface area contributed by atoms with Gasteiger partial charge in [-0.05, 0) is 11.6 Å². The van der Waals surface area contributed by atoms with E-state index in [1.54, 1.807) is 0 Å². The molecule has 0 aliphatic rings. The standard InChI is InChI=1S/C13H6Cl5NO3/c14-8-7(9(15)11(17)12(18)10(8)16)5-1-4(2-6(20)21)3-19-13(5)22/h1,3H,2H2,(H,19,22)(H,20,21). The Morgan fingerprint density at radius 1 is 1.00 bits per heavy atom. The molecule has 1 aromatic heterocycles. The maximum Gasteiger partial charge on any atom is 0.307 e. The molecular weight excluding hydrogens is 395 g/mol. The lowest BCUT2D eigenvalue weighted by Crippen LogP contribution is -2.11. The van der Waals surface area contributed by atoms with Crippen LogP contribution in [0.2, 0.25) is 25.1 Å². The van der Waals surface area contributed by atoms with Crippen LogP contribution in [0.1, 0.15) is 5.56 Å². The minimum absolute atomic E-state index is 0.0276. The number of halogens is 5. The lowest BCUT2D eigenvalue weighted by Gasteiger charge is -2.12. The number of nitrogens with one attached hydrogen (secondary N) is 1. The molecule has 0 radical (unpaired) electrons. The van der Waals surface area contributed by atoms with E-state index in [1.807, 2.05) is 0 Å². The summed E-state index contributed by atoms with van der Waals surface area (Å²) in [5.41, 5.74) is -0.0192. The predicted molar refractivity (Wildman–Crippen MR) is 88.9 cm³/mol. The normalized spacial score (nSPS) is 10.8. The molecule has 0 aliphatic heterocycles. The number of aromatic nitrogens is 1. The first-order valence-corrected chi connectivity index (χ1v) is 7.58. The zero-order chi connectivity index (χ0) is 16.6. The van der Waals surface area contributed by atoms with Crippen LogP contribution < -0.4 is 5.56 Å². The van der Waals surface area contributed by atoms with Gasteiger partial charge in [0.1, 0.15) is 0 Å². The Labute approximate surface area is 149 Å². The van der Waals surface area contributed by atoms with Gasteiger partial charge in [0, 0.05) is 11.8 Å². The number of carbonyl (C=O) groups is 1. The number of carboxylic acid groups (broad SMARTS) is 1. The highest BCUT2D eigenvalue weighted by molar-refractivity contribution is 6.56. The van der Waals surface area contributed by atoms with E-state index in [-0.39, 0.29) is 42.7 Å². The number of H-pyrrole nitrogens is 1. The number of hydrogen-bond acceptors (Lipinski definition) is 2. The van der Waals surface area contributed by atoms with Gasteiger partial charge < -0.3 is 10.1 Å². The van der Waals surface area contributed by atoms with Gasteiger partial charge in [-0.15, -0.1) is 0 Å². The summed E-state index contributed by atoms with van der Waals surface area (Å²) in [6.45, 7) is 0. The maximum absolute atomic E-state index is 12.0. The van der Waals surface area contributed by atoms with Gasteiger partial charge in [-0.1, -0.05) is 58.0 Å². The predicted octanol–water partition coefficient (Wildman–Crippen LogP) is 4.94. The molecule has 0 atom stereocenters. The van der Waals surface area contributed by atoms with Gasteiger partial charge in [0.05, 0.1) is 37.1 Å². The van der Waals surface area contributed by atoms with Crippen molar-refractivity contribution in [1.29, 1.82) is 0 Å². The van der Waals surface area contributed by atoms with Crippen molar-refractivity contribution < 1.29 is 9.90 Å². The molecule has 116 valence electrons. The largest absolute Gasteiger partial charge is 0.481 e. The third-order valence-electron chi connectivity index (χ3n) is 2.80. The van der Waals surface area contributed by atoms with Crippen LogP contribution in [0, 0.1) is 0 Å². The van der Waals surface area contributed by atoms with E-state index in [9.17, 15) is 9.59 Å². The van der Waals surface area contributed by atoms with Crippen LogP contribution in [-0.2, 0) is 11.2 Å². The SMILES string of the molecule is O=C(O)Cc1c[nH]c(=O)c(-c2c(Cl)c(Cl)c(Cl)c(Cl)c2Cl)c1. The van der Waals surface area contributed by atoms with Gasteiger partial charge in [0.25, 0.3) is 5.56 Å². The Kier molecular flexibility index (Phi) is 5.30. The molecule has 1 aromatic carbocycles. The molecule has 22 heavy (non-hydrogen) atoms. The molecule has 4 nitrogen and oxygen atoms in total. The molecule has 2 aromatic rings. The molecule has 0 bridgehead atoms. The second-order valence-electron chi connectivity index (χ2n) is 4.27. The Bertz CT molecular complexity index is 802. The summed E-state index contributed by atoms with van der Waals surface area (Å²) in [4.78, 5) is 25.2. The molecule has 0 aliphatic carbocycles. The zero-order valence-corrected chi connectivity index (χ0v) is 14.3. The van der Waals surface area contributed by atoms with E-state index in [0.717, 1.165) is 0 Å². The molecule has 2 rings (SSSR count). The van der Waals surface area contributed by atoms with Crippen LogP contribution in [0.25, 0.3) is 11.1 Å². The highest BCUT2D eigenvalue weighted by Gasteiger charge is 2.22. The zero-order valence-electron chi connectivity index (χ0n) is 10.5. The van der Waals surface area contributed by atoms with E-state index in [4.69, 9.17) is 63.1 Å². The van der Waals surface area contributed by atoms with Crippen molar-refractivity contribution in [2.45, 2.75) is 6.42 Å². The van der Waals surface area contributed by atoms with Crippen molar-refractivity contribution in [3.8, 4) is 11.1 Å². The number of rotatable bonds is 3. The van der Waals surface area contributed by atoms with Gasteiger partial charge in [0.15, 0.2) is 0 Å². The lowest BCUT2D eigenvalue weighted by molar-refractivity contribution is -0.136. The highest BCUT2D eigenvalue weighted by atomic mass is 35.5. The summed E-state index contributed by atoms with van der Waals surface area (Å²) in [5.74, 6) is -1.05. The quantitative estimate of drug-likeness (QED) is 0.566. The number of hydrogen-bond donors (Lipinski definition) is 2. The van der Waals surface area contributed by atoms with E-state index in [1.165, 1.54) is 12.3 Å². The highest BCUT2D eigenvalue weighted by Crippen LogP contribution is 2.47. The molecule has 0 amide bonds. The Morgan fingerprint density at radius 3 is 2.00 bits per heavy atom. The maximum atomic E-state index is 12.0. The van der Waals surface area contributed by atoms with Crippen molar-refractivity contribution in [3.63, 3.8) is 0 Å². The summed E-state index contributed by atoms with van der Waals surface area (Å²) in [6, 6.07) is 1.36. The van der Waals surface area contributed by atoms with Crippen LogP contribution in [0.15, 0.2) is 17.1 Å². The number of aliphatic carboxylic acids is 1. The van der Waals surface area contributed by atoms with Crippen LogP contribution in [0.5, 0.6) is 0 Å². The summed E-state index contributed by atoms with van der Waals surface area (Å²) >= 11 is 30.1. The molecule has 9 heteroatoms. The molecular formula is C13H6Cl5NO3. The molecule has 0 fully saturated rings. The summed E-state index contributed by atoms with van der Waals surface area (Å²) in [7, 11) is 0. The first kappa shape index (κ1) is 17.4. The van der Waals surface area contributed by atoms with Crippen molar-refractivity contribution in [3.05, 3.63) is 53.3 Å². The molecule has 1 heterocycles. The van der Waals surface area contributed by atoms with E-state index in [2.05, 4.69) is 4.98 Å². The average Bonchev–Trinajstić information content (AvgIpc) is 2.46. The molecule has 0 unspecified atom stereocenters. The topological polar surface area (TPSA) is 70.2 Å². The fourth-order valence-corrected chi connectivity index (χ4v) is 3.17. The lowest BCUT2D eigenvalue weighted by atomic mass is 10.0. The average molecular weight is 401 g/mol. The van der Waals surface area contributed by atoms with E-state index in [0.29, 0.717) is 5.56 Å². The van der Waals surface area contributed by atoms with E-state index < -0.39 is 11.5 Å². The van der Waals surface area contributed by atoms with Crippen LogP contribution in [0.3, 0.4) is 0 Å². The molecule has 2 N–H and O–H groups in total.